The number of aromatic amines is 1. The molecule has 1 aromatic carbocycles. The average Bonchev–Trinajstić information content (AvgIpc) is 3.65. The highest BCUT2D eigenvalue weighted by molar-refractivity contribution is 6.47. The number of halogens is 3. The van der Waals surface area contributed by atoms with Gasteiger partial charge in [-0.1, -0.05) is 41.2 Å². The summed E-state index contributed by atoms with van der Waals surface area (Å²) in [5, 5.41) is 16.4. The molecule has 4 N–H and O–H groups in total. The van der Waals surface area contributed by atoms with Gasteiger partial charge in [-0.05, 0) is 49.7 Å². The molecular formula is C25H27Cl3N4O5. The molecule has 2 saturated heterocycles. The zero-order valence-electron chi connectivity index (χ0n) is 19.9. The summed E-state index contributed by atoms with van der Waals surface area (Å²) in [5.41, 5.74) is 0.663. The van der Waals surface area contributed by atoms with Gasteiger partial charge in [0.1, 0.15) is 18.3 Å². The minimum atomic E-state index is -1.02. The molecule has 12 heteroatoms. The second-order valence-electron chi connectivity index (χ2n) is 10.1. The van der Waals surface area contributed by atoms with E-state index in [1.165, 1.54) is 6.07 Å². The molecule has 2 aliphatic heterocycles. The number of ketones is 1. The number of benzene rings is 1. The monoisotopic (exact) mass is 568 g/mol. The molecule has 37 heavy (non-hydrogen) atoms. The van der Waals surface area contributed by atoms with Crippen molar-refractivity contribution >= 4 is 69.2 Å². The van der Waals surface area contributed by atoms with Gasteiger partial charge in [-0.15, -0.1) is 0 Å². The van der Waals surface area contributed by atoms with Crippen molar-refractivity contribution in [2.24, 2.45) is 17.8 Å². The predicted octanol–water partition coefficient (Wildman–Crippen LogP) is 2.94. The fourth-order valence-corrected chi connectivity index (χ4v) is 6.82. The number of fused-ring (bicyclic) bond motifs is 2. The molecule has 198 valence electrons. The van der Waals surface area contributed by atoms with Crippen molar-refractivity contribution < 1.29 is 24.3 Å². The zero-order chi connectivity index (χ0) is 26.4. The minimum absolute atomic E-state index is 0.0467. The number of amides is 3. The van der Waals surface area contributed by atoms with Gasteiger partial charge in [-0.3, -0.25) is 19.2 Å². The van der Waals surface area contributed by atoms with E-state index in [1.807, 2.05) is 0 Å². The lowest BCUT2D eigenvalue weighted by atomic mass is 9.92. The van der Waals surface area contributed by atoms with Crippen LogP contribution >= 0.6 is 34.8 Å². The highest BCUT2D eigenvalue weighted by Gasteiger charge is 2.50. The van der Waals surface area contributed by atoms with E-state index in [2.05, 4.69) is 15.6 Å². The maximum Gasteiger partial charge on any atom is 0.271 e. The number of hydrogen-bond donors (Lipinski definition) is 4. The number of likely N-dealkylation sites (tertiary alicyclic amines) is 1. The Balaban J connectivity index is 1.41. The highest BCUT2D eigenvalue weighted by atomic mass is 35.5. The summed E-state index contributed by atoms with van der Waals surface area (Å²) in [5.74, 6) is -1.88. The first kappa shape index (κ1) is 26.3. The van der Waals surface area contributed by atoms with Crippen LogP contribution in [0.3, 0.4) is 0 Å². The van der Waals surface area contributed by atoms with Gasteiger partial charge in [-0.25, -0.2) is 0 Å². The van der Waals surface area contributed by atoms with E-state index < -0.39 is 36.3 Å². The smallest absolute Gasteiger partial charge is 0.271 e. The van der Waals surface area contributed by atoms with E-state index in [9.17, 15) is 24.3 Å². The first-order valence-corrected chi connectivity index (χ1v) is 13.5. The summed E-state index contributed by atoms with van der Waals surface area (Å²) >= 11 is 18.8. The lowest BCUT2D eigenvalue weighted by Gasteiger charge is -2.29. The van der Waals surface area contributed by atoms with Gasteiger partial charge in [-0.2, -0.15) is 0 Å². The van der Waals surface area contributed by atoms with Crippen LogP contribution in [-0.2, 0) is 14.4 Å². The van der Waals surface area contributed by atoms with Crippen LogP contribution in [0.15, 0.2) is 12.1 Å². The summed E-state index contributed by atoms with van der Waals surface area (Å²) < 4.78 is 0. The lowest BCUT2D eigenvalue weighted by Crippen LogP contribution is -2.53. The number of nitrogens with zero attached hydrogens (tertiary/aromatic N) is 1. The van der Waals surface area contributed by atoms with E-state index in [0.29, 0.717) is 35.4 Å². The number of Topliss-reactive ketones (excluding diaryl/α,β-unsaturated/α-hetero) is 1. The number of hydrogen-bond acceptors (Lipinski definition) is 5. The third-order valence-electron chi connectivity index (χ3n) is 7.95. The molecule has 3 heterocycles. The van der Waals surface area contributed by atoms with Crippen molar-refractivity contribution in [2.75, 3.05) is 19.7 Å². The normalized spacial score (nSPS) is 25.8. The Morgan fingerprint density at radius 3 is 2.62 bits per heavy atom. The van der Waals surface area contributed by atoms with Crippen LogP contribution in [0.2, 0.25) is 15.1 Å². The minimum Gasteiger partial charge on any atom is -0.389 e. The van der Waals surface area contributed by atoms with Gasteiger partial charge >= 0.3 is 0 Å². The Morgan fingerprint density at radius 2 is 1.92 bits per heavy atom. The van der Waals surface area contributed by atoms with Crippen LogP contribution in [0.1, 0.15) is 42.6 Å². The molecule has 0 bridgehead atoms. The maximum atomic E-state index is 13.7. The van der Waals surface area contributed by atoms with Gasteiger partial charge in [0.2, 0.25) is 11.8 Å². The summed E-state index contributed by atoms with van der Waals surface area (Å²) in [6.07, 6.45) is 3.30. The van der Waals surface area contributed by atoms with Crippen LogP contribution < -0.4 is 10.6 Å². The number of aliphatic hydroxyl groups is 1. The van der Waals surface area contributed by atoms with Crippen molar-refractivity contribution in [3.63, 3.8) is 0 Å². The van der Waals surface area contributed by atoms with Gasteiger partial charge in [0.25, 0.3) is 5.91 Å². The fraction of sp³-hybridized carbons (Fsp3) is 0.520. The Bertz CT molecular complexity index is 1280. The molecule has 2 aromatic rings. The number of carbonyl (C=O) groups excluding carboxylic acids is 4. The molecule has 9 nitrogen and oxygen atoms in total. The van der Waals surface area contributed by atoms with Crippen molar-refractivity contribution in [2.45, 2.75) is 44.2 Å². The number of aliphatic hydroxyl groups excluding tert-OH is 1. The van der Waals surface area contributed by atoms with Gasteiger partial charge in [0, 0.05) is 24.4 Å². The summed E-state index contributed by atoms with van der Waals surface area (Å²) in [4.78, 5) is 56.5. The molecule has 0 radical (unpaired) electrons. The van der Waals surface area contributed by atoms with Gasteiger partial charge < -0.3 is 25.6 Å². The van der Waals surface area contributed by atoms with E-state index in [0.717, 1.165) is 19.3 Å². The summed E-state index contributed by atoms with van der Waals surface area (Å²) in [7, 11) is 0. The fourth-order valence-electron chi connectivity index (χ4n) is 6.10. The Labute approximate surface area is 228 Å². The molecule has 1 aromatic heterocycles. The van der Waals surface area contributed by atoms with Crippen LogP contribution in [0.4, 0.5) is 0 Å². The molecule has 1 aliphatic carbocycles. The standard InChI is InChI=1S/C25H27Cl3N4O5/c26-15-8-16(27)20(28)21-14(15)7-18(30-21)25(37)32-9-12-2-1-3-13(12)22(32)24(36)31-17(19(34)10-33)6-11-4-5-29-23(11)35/h7-8,11-13,17,22,30,33H,1-6,9-10H2,(H,29,35)(H,31,36)/t11-,12-,13-,17?,22-/m0/s1. The Hall–Kier alpha value is -2.33. The second-order valence-corrected chi connectivity index (χ2v) is 11.3. The third kappa shape index (κ3) is 4.82. The van der Waals surface area contributed by atoms with Crippen molar-refractivity contribution in [1.82, 2.24) is 20.5 Å². The van der Waals surface area contributed by atoms with E-state index in [1.54, 1.807) is 11.0 Å². The number of rotatable bonds is 7. The molecule has 3 aliphatic rings. The van der Waals surface area contributed by atoms with Crippen molar-refractivity contribution in [3.05, 3.63) is 32.9 Å². The molecule has 1 unspecified atom stereocenters. The average molecular weight is 570 g/mol. The van der Waals surface area contributed by atoms with Crippen molar-refractivity contribution in [1.29, 1.82) is 0 Å². The zero-order valence-corrected chi connectivity index (χ0v) is 22.1. The third-order valence-corrected chi connectivity index (χ3v) is 9.05. The molecule has 5 rings (SSSR count). The topological polar surface area (TPSA) is 132 Å². The molecule has 0 spiro atoms. The van der Waals surface area contributed by atoms with Crippen LogP contribution in [0.25, 0.3) is 10.9 Å². The van der Waals surface area contributed by atoms with Crippen LogP contribution in [-0.4, -0.2) is 70.3 Å². The molecule has 3 fully saturated rings. The van der Waals surface area contributed by atoms with Crippen molar-refractivity contribution in [3.8, 4) is 0 Å². The van der Waals surface area contributed by atoms with E-state index in [-0.39, 0.29) is 45.8 Å². The molecule has 5 atom stereocenters. The molecular weight excluding hydrogens is 543 g/mol. The summed E-state index contributed by atoms with van der Waals surface area (Å²) in [6.45, 7) is 0.163. The largest absolute Gasteiger partial charge is 0.389 e. The van der Waals surface area contributed by atoms with Gasteiger partial charge in [0.15, 0.2) is 5.78 Å². The molecule has 1 saturated carbocycles. The Kier molecular flexibility index (Phi) is 7.42. The van der Waals surface area contributed by atoms with Gasteiger partial charge in [0.05, 0.1) is 26.6 Å². The number of aromatic nitrogens is 1. The first-order valence-electron chi connectivity index (χ1n) is 12.4. The predicted molar refractivity (Wildman–Crippen MR) is 139 cm³/mol. The summed E-state index contributed by atoms with van der Waals surface area (Å²) in [6, 6.07) is 1.31. The number of H-pyrrole nitrogens is 1. The first-order chi connectivity index (χ1) is 17.7. The number of nitrogens with one attached hydrogen (secondary N) is 3. The maximum absolute atomic E-state index is 13.7. The quantitative estimate of drug-likeness (QED) is 0.381. The number of carbonyl (C=O) groups is 4. The van der Waals surface area contributed by atoms with E-state index in [4.69, 9.17) is 34.8 Å². The lowest BCUT2D eigenvalue weighted by molar-refractivity contribution is -0.133. The SMILES string of the molecule is O=C(CO)C(C[C@@H]1CCNC1=O)NC(=O)[C@@H]1[C@H]2CCC[C@H]2CN1C(=O)c1cc2c(Cl)cc(Cl)c(Cl)c2[nH]1. The highest BCUT2D eigenvalue weighted by Crippen LogP contribution is 2.43. The van der Waals surface area contributed by atoms with E-state index >= 15 is 0 Å². The van der Waals surface area contributed by atoms with Crippen LogP contribution in [0.5, 0.6) is 0 Å². The molecule has 3 amide bonds. The Morgan fingerprint density at radius 1 is 1.14 bits per heavy atom. The van der Waals surface area contributed by atoms with Crippen LogP contribution in [0, 0.1) is 17.8 Å². The second kappa shape index (κ2) is 10.4.